The molecule has 1 rings (SSSR count). The van der Waals surface area contributed by atoms with Gasteiger partial charge in [0.15, 0.2) is 5.54 Å². The zero-order chi connectivity index (χ0) is 14.0. The highest BCUT2D eigenvalue weighted by atomic mass is 19.4. The maximum atomic E-state index is 12.8. The number of hydrogen-bond donors (Lipinski definition) is 1. The molecule has 1 aliphatic carbocycles. The van der Waals surface area contributed by atoms with Gasteiger partial charge in [-0.15, -0.1) is 0 Å². The van der Waals surface area contributed by atoms with Gasteiger partial charge in [-0.3, -0.25) is 4.79 Å². The van der Waals surface area contributed by atoms with E-state index in [1.165, 1.54) is 4.90 Å². The van der Waals surface area contributed by atoms with Crippen molar-refractivity contribution >= 4 is 5.91 Å². The van der Waals surface area contributed by atoms with E-state index in [1.54, 1.807) is 6.92 Å². The van der Waals surface area contributed by atoms with Crippen LogP contribution in [0.1, 0.15) is 46.0 Å². The van der Waals surface area contributed by atoms with Gasteiger partial charge in [-0.05, 0) is 26.7 Å². The van der Waals surface area contributed by atoms with Crippen LogP contribution in [0.4, 0.5) is 13.2 Å². The molecule has 0 aromatic heterocycles. The average Bonchev–Trinajstić information content (AvgIpc) is 2.29. The van der Waals surface area contributed by atoms with Crippen LogP contribution in [-0.4, -0.2) is 35.1 Å². The van der Waals surface area contributed by atoms with E-state index in [1.807, 2.05) is 0 Å². The summed E-state index contributed by atoms with van der Waals surface area (Å²) in [6, 6.07) is -0.0959. The van der Waals surface area contributed by atoms with Gasteiger partial charge in [-0.25, -0.2) is 0 Å². The van der Waals surface area contributed by atoms with Gasteiger partial charge in [0.2, 0.25) is 0 Å². The fourth-order valence-corrected chi connectivity index (χ4v) is 2.38. The van der Waals surface area contributed by atoms with Crippen LogP contribution in [0, 0.1) is 0 Å². The third kappa shape index (κ3) is 2.96. The molecule has 0 radical (unpaired) electrons. The first-order valence-electron chi connectivity index (χ1n) is 6.38. The maximum absolute atomic E-state index is 12.8. The summed E-state index contributed by atoms with van der Waals surface area (Å²) < 4.78 is 38.3. The first-order valence-corrected chi connectivity index (χ1v) is 6.38. The minimum Gasteiger partial charge on any atom is -0.338 e. The van der Waals surface area contributed by atoms with E-state index in [-0.39, 0.29) is 12.6 Å². The predicted octanol–water partition coefficient (Wildman–Crippen LogP) is 2.45. The van der Waals surface area contributed by atoms with Crippen LogP contribution < -0.4 is 5.73 Å². The topological polar surface area (TPSA) is 46.3 Å². The number of nitrogens with zero attached hydrogens (tertiary/aromatic N) is 1. The lowest BCUT2D eigenvalue weighted by molar-refractivity contribution is -0.195. The number of carbonyl (C=O) groups excluding carboxylic acids is 1. The fraction of sp³-hybridized carbons (Fsp3) is 0.917. The summed E-state index contributed by atoms with van der Waals surface area (Å²) in [5, 5.41) is 0. The number of alkyl halides is 3. The van der Waals surface area contributed by atoms with E-state index in [9.17, 15) is 18.0 Å². The molecule has 1 amide bonds. The first kappa shape index (κ1) is 15.3. The van der Waals surface area contributed by atoms with Crippen LogP contribution >= 0.6 is 0 Å². The zero-order valence-corrected chi connectivity index (χ0v) is 10.9. The lowest BCUT2D eigenvalue weighted by Gasteiger charge is -2.38. The largest absolute Gasteiger partial charge is 0.415 e. The van der Waals surface area contributed by atoms with E-state index in [2.05, 4.69) is 0 Å². The summed E-state index contributed by atoms with van der Waals surface area (Å²) in [5.41, 5.74) is 2.41. The molecule has 106 valence electrons. The summed E-state index contributed by atoms with van der Waals surface area (Å²) in [6.07, 6.45) is -0.169. The van der Waals surface area contributed by atoms with Gasteiger partial charge in [-0.2, -0.15) is 13.2 Å². The molecule has 0 aromatic carbocycles. The molecule has 0 aromatic rings. The number of nitrogens with two attached hydrogens (primary N) is 1. The Morgan fingerprint density at radius 2 is 1.78 bits per heavy atom. The third-order valence-corrected chi connectivity index (χ3v) is 3.65. The van der Waals surface area contributed by atoms with Gasteiger partial charge in [0.05, 0.1) is 0 Å². The monoisotopic (exact) mass is 266 g/mol. The minimum absolute atomic E-state index is 0.0959. The van der Waals surface area contributed by atoms with Crippen molar-refractivity contribution in [3.05, 3.63) is 0 Å². The van der Waals surface area contributed by atoms with E-state index in [0.717, 1.165) is 39.0 Å². The highest BCUT2D eigenvalue weighted by Gasteiger charge is 2.55. The Morgan fingerprint density at radius 3 is 2.17 bits per heavy atom. The lowest BCUT2D eigenvalue weighted by Crippen LogP contribution is -2.63. The Bertz CT molecular complexity index is 296. The predicted molar refractivity (Wildman–Crippen MR) is 62.9 cm³/mol. The summed E-state index contributed by atoms with van der Waals surface area (Å²) >= 11 is 0. The van der Waals surface area contributed by atoms with Gasteiger partial charge < -0.3 is 10.6 Å². The normalized spacial score (nSPS) is 21.4. The van der Waals surface area contributed by atoms with E-state index < -0.39 is 17.6 Å². The number of likely N-dealkylation sites (N-methyl/N-ethyl adjacent to an activating group) is 1. The third-order valence-electron chi connectivity index (χ3n) is 3.65. The molecule has 0 bridgehead atoms. The second-order valence-corrected chi connectivity index (χ2v) is 5.08. The van der Waals surface area contributed by atoms with Crippen LogP contribution in [0.25, 0.3) is 0 Å². The molecule has 3 nitrogen and oxygen atoms in total. The second kappa shape index (κ2) is 5.47. The van der Waals surface area contributed by atoms with E-state index >= 15 is 0 Å². The summed E-state index contributed by atoms with van der Waals surface area (Å²) in [7, 11) is 0. The average molecular weight is 266 g/mol. The maximum Gasteiger partial charge on any atom is 0.415 e. The molecule has 18 heavy (non-hydrogen) atoms. The molecular weight excluding hydrogens is 245 g/mol. The van der Waals surface area contributed by atoms with Crippen LogP contribution in [0.5, 0.6) is 0 Å². The quantitative estimate of drug-likeness (QED) is 0.853. The van der Waals surface area contributed by atoms with Gasteiger partial charge in [0.1, 0.15) is 0 Å². The van der Waals surface area contributed by atoms with Crippen LogP contribution in [0.3, 0.4) is 0 Å². The minimum atomic E-state index is -4.72. The molecule has 0 saturated heterocycles. The van der Waals surface area contributed by atoms with Crippen LogP contribution in [0.15, 0.2) is 0 Å². The lowest BCUT2D eigenvalue weighted by atomic mass is 9.92. The standard InChI is InChI=1S/C12H21F3N2O/c1-3-17(9-7-5-4-6-8-9)10(18)11(2,16)12(13,14)15/h9H,3-8,16H2,1-2H3. The van der Waals surface area contributed by atoms with E-state index in [0.29, 0.717) is 0 Å². The van der Waals surface area contributed by atoms with Crippen molar-refractivity contribution in [1.82, 2.24) is 4.90 Å². The molecule has 1 fully saturated rings. The van der Waals surface area contributed by atoms with E-state index in [4.69, 9.17) is 5.73 Å². The molecule has 2 N–H and O–H groups in total. The first-order chi connectivity index (χ1) is 8.21. The zero-order valence-electron chi connectivity index (χ0n) is 10.9. The smallest absolute Gasteiger partial charge is 0.338 e. The SMILES string of the molecule is CCN(C(=O)C(C)(N)C(F)(F)F)C1CCCCC1. The Labute approximate surface area is 106 Å². The Balaban J connectivity index is 2.84. The van der Waals surface area contributed by atoms with Crippen molar-refractivity contribution in [2.45, 2.75) is 63.7 Å². The second-order valence-electron chi connectivity index (χ2n) is 5.08. The highest BCUT2D eigenvalue weighted by molar-refractivity contribution is 5.87. The summed E-state index contributed by atoms with van der Waals surface area (Å²) in [6.45, 7) is 2.71. The van der Waals surface area contributed by atoms with Crippen molar-refractivity contribution in [1.29, 1.82) is 0 Å². The molecule has 0 spiro atoms. The molecular formula is C12H21F3N2O. The molecule has 1 saturated carbocycles. The molecule has 1 unspecified atom stereocenters. The molecule has 0 aliphatic heterocycles. The van der Waals surface area contributed by atoms with Crippen molar-refractivity contribution in [2.24, 2.45) is 5.73 Å². The fourth-order valence-electron chi connectivity index (χ4n) is 2.38. The Morgan fingerprint density at radius 1 is 1.28 bits per heavy atom. The van der Waals surface area contributed by atoms with Crippen LogP contribution in [-0.2, 0) is 4.79 Å². The van der Waals surface area contributed by atoms with Crippen molar-refractivity contribution in [3.63, 3.8) is 0 Å². The number of amides is 1. The van der Waals surface area contributed by atoms with Gasteiger partial charge >= 0.3 is 6.18 Å². The Kier molecular flexibility index (Phi) is 4.64. The van der Waals surface area contributed by atoms with Crippen molar-refractivity contribution < 1.29 is 18.0 Å². The number of rotatable bonds is 3. The molecule has 0 heterocycles. The van der Waals surface area contributed by atoms with Gasteiger partial charge in [0, 0.05) is 12.6 Å². The number of halogens is 3. The molecule has 1 atom stereocenters. The number of hydrogen-bond acceptors (Lipinski definition) is 2. The van der Waals surface area contributed by atoms with Gasteiger partial charge in [0.25, 0.3) is 5.91 Å². The molecule has 6 heteroatoms. The Hall–Kier alpha value is -0.780. The molecule has 1 aliphatic rings. The van der Waals surface area contributed by atoms with Gasteiger partial charge in [-0.1, -0.05) is 19.3 Å². The highest BCUT2D eigenvalue weighted by Crippen LogP contribution is 2.32. The van der Waals surface area contributed by atoms with Crippen LogP contribution in [0.2, 0.25) is 0 Å². The summed E-state index contributed by atoms with van der Waals surface area (Å²) in [4.78, 5) is 13.3. The number of carbonyl (C=O) groups is 1. The summed E-state index contributed by atoms with van der Waals surface area (Å²) in [5.74, 6) is -1.01. The van der Waals surface area contributed by atoms with Crippen molar-refractivity contribution in [3.8, 4) is 0 Å². The van der Waals surface area contributed by atoms with Crippen molar-refractivity contribution in [2.75, 3.05) is 6.54 Å².